The molecule has 1 atom stereocenters. The second-order valence-electron chi connectivity index (χ2n) is 11.2. The Morgan fingerprint density at radius 1 is 0.927 bits per heavy atom. The molecule has 0 saturated carbocycles. The summed E-state index contributed by atoms with van der Waals surface area (Å²) in [4.78, 5) is 6.21. The summed E-state index contributed by atoms with van der Waals surface area (Å²) in [5.74, 6) is 0.517. The topological polar surface area (TPSA) is 63.9 Å². The van der Waals surface area contributed by atoms with Crippen molar-refractivity contribution in [3.8, 4) is 11.3 Å². The summed E-state index contributed by atoms with van der Waals surface area (Å²) < 4.78 is 36.9. The number of thiazole rings is 1. The molecule has 8 heteroatoms. The molecule has 3 heterocycles. The summed E-state index contributed by atoms with van der Waals surface area (Å²) in [5, 5.41) is 2.11. The van der Waals surface area contributed by atoms with Crippen LogP contribution in [0.15, 0.2) is 94.1 Å². The maximum atomic E-state index is 13.5. The fraction of sp³-hybridized carbons (Fsp3) is 0.364. The van der Waals surface area contributed by atoms with Gasteiger partial charge in [-0.15, -0.1) is 11.3 Å². The number of piperidine rings is 1. The summed E-state index contributed by atoms with van der Waals surface area (Å²) in [6.07, 6.45) is 5.05. The normalized spacial score (nSPS) is 19.1. The molecule has 2 fully saturated rings. The molecule has 2 aliphatic heterocycles. The van der Waals surface area contributed by atoms with E-state index < -0.39 is 10.0 Å². The minimum Gasteiger partial charge on any atom is -0.376 e. The molecule has 0 bridgehead atoms. The Morgan fingerprint density at radius 2 is 1.66 bits per heavy atom. The Hall–Kier alpha value is -3.04. The lowest BCUT2D eigenvalue weighted by molar-refractivity contribution is 0.0968. The third-order valence-corrected chi connectivity index (χ3v) is 11.0. The SMILES string of the molecule is Cc1ccc(N=c2scc(-c3ccc(S(=O)(=O)N4CCC(Cc5ccccc5)CC4)cc3)n2C[C@@H]2CCCO2)cc1. The van der Waals surface area contributed by atoms with Crippen LogP contribution in [0.5, 0.6) is 0 Å². The largest absolute Gasteiger partial charge is 0.376 e. The molecule has 2 saturated heterocycles. The minimum atomic E-state index is -3.53. The first-order chi connectivity index (χ1) is 20.0. The van der Waals surface area contributed by atoms with Gasteiger partial charge >= 0.3 is 0 Å². The Balaban J connectivity index is 1.20. The van der Waals surface area contributed by atoms with Crippen molar-refractivity contribution in [3.63, 3.8) is 0 Å². The number of benzene rings is 3. The number of aryl methyl sites for hydroxylation is 1. The number of nitrogens with zero attached hydrogens (tertiary/aromatic N) is 3. The van der Waals surface area contributed by atoms with Crippen LogP contribution in [-0.4, -0.2) is 43.1 Å². The minimum absolute atomic E-state index is 0.157. The van der Waals surface area contributed by atoms with Gasteiger partial charge in [0.1, 0.15) is 0 Å². The van der Waals surface area contributed by atoms with Crippen LogP contribution in [0.4, 0.5) is 5.69 Å². The maximum absolute atomic E-state index is 13.5. The predicted octanol–water partition coefficient (Wildman–Crippen LogP) is 6.58. The zero-order valence-corrected chi connectivity index (χ0v) is 25.1. The number of ether oxygens (including phenoxy) is 1. The van der Waals surface area contributed by atoms with Crippen molar-refractivity contribution < 1.29 is 13.2 Å². The highest BCUT2D eigenvalue weighted by atomic mass is 32.2. The second-order valence-corrected chi connectivity index (χ2v) is 13.9. The van der Waals surface area contributed by atoms with E-state index in [1.807, 2.05) is 30.3 Å². The molecule has 41 heavy (non-hydrogen) atoms. The fourth-order valence-electron chi connectivity index (χ4n) is 5.80. The van der Waals surface area contributed by atoms with Gasteiger partial charge < -0.3 is 9.30 Å². The van der Waals surface area contributed by atoms with Gasteiger partial charge in [-0.3, -0.25) is 0 Å². The fourth-order valence-corrected chi connectivity index (χ4v) is 8.20. The lowest BCUT2D eigenvalue weighted by Crippen LogP contribution is -2.38. The quantitative estimate of drug-likeness (QED) is 0.234. The summed E-state index contributed by atoms with van der Waals surface area (Å²) in [7, 11) is -3.53. The van der Waals surface area contributed by atoms with Crippen LogP contribution >= 0.6 is 11.3 Å². The van der Waals surface area contributed by atoms with Gasteiger partial charge in [-0.05, 0) is 80.3 Å². The monoisotopic (exact) mass is 587 g/mol. The first kappa shape index (κ1) is 28.1. The van der Waals surface area contributed by atoms with Gasteiger partial charge in [0.2, 0.25) is 10.0 Å². The summed E-state index contributed by atoms with van der Waals surface area (Å²) in [6, 6.07) is 26.1. The third kappa shape index (κ3) is 6.56. The summed E-state index contributed by atoms with van der Waals surface area (Å²) >= 11 is 1.60. The van der Waals surface area contributed by atoms with E-state index in [0.717, 1.165) is 67.0 Å². The highest BCUT2D eigenvalue weighted by molar-refractivity contribution is 7.89. The maximum Gasteiger partial charge on any atom is 0.243 e. The van der Waals surface area contributed by atoms with E-state index >= 15 is 0 Å². The van der Waals surface area contributed by atoms with Crippen molar-refractivity contribution in [1.29, 1.82) is 0 Å². The number of hydrogen-bond acceptors (Lipinski definition) is 5. The molecule has 0 N–H and O–H groups in total. The zero-order valence-electron chi connectivity index (χ0n) is 23.5. The Labute approximate surface area is 247 Å². The molecule has 0 unspecified atom stereocenters. The molecular weight excluding hydrogens is 551 g/mol. The standard InChI is InChI=1S/C33H37N3O3S2/c1-25-9-13-29(14-10-25)34-33-36(23-30-8-5-21-39-30)32(24-40-33)28-11-15-31(16-12-28)41(37,38)35-19-17-27(18-20-35)22-26-6-3-2-4-7-26/h2-4,6-7,9-16,24,27,30H,5,8,17-23H2,1H3/t30-/m0/s1. The number of sulfonamides is 1. The van der Waals surface area contributed by atoms with E-state index in [2.05, 4.69) is 53.3 Å². The van der Waals surface area contributed by atoms with Crippen LogP contribution in [0.1, 0.15) is 36.8 Å². The predicted molar refractivity (Wildman–Crippen MR) is 165 cm³/mol. The molecular formula is C33H37N3O3S2. The molecule has 0 spiro atoms. The van der Waals surface area contributed by atoms with Crippen molar-refractivity contribution >= 4 is 27.0 Å². The Kier molecular flexibility index (Phi) is 8.53. The first-order valence-corrected chi connectivity index (χ1v) is 16.8. The van der Waals surface area contributed by atoms with E-state index in [-0.39, 0.29) is 6.10 Å². The molecule has 0 radical (unpaired) electrons. The molecule has 0 amide bonds. The lowest BCUT2D eigenvalue weighted by Gasteiger charge is -2.31. The third-order valence-electron chi connectivity index (χ3n) is 8.20. The average molecular weight is 588 g/mol. The average Bonchev–Trinajstić information content (AvgIpc) is 3.66. The number of hydrogen-bond donors (Lipinski definition) is 0. The van der Waals surface area contributed by atoms with Gasteiger partial charge in [-0.1, -0.05) is 60.2 Å². The van der Waals surface area contributed by atoms with Gasteiger partial charge in [0.05, 0.1) is 28.9 Å². The molecule has 1 aromatic heterocycles. The molecule has 6 nitrogen and oxygen atoms in total. The summed E-state index contributed by atoms with van der Waals surface area (Å²) in [5.41, 5.74) is 5.45. The van der Waals surface area contributed by atoms with Crippen molar-refractivity contribution in [1.82, 2.24) is 8.87 Å². The molecule has 0 aliphatic carbocycles. The van der Waals surface area contributed by atoms with Crippen LogP contribution in [0, 0.1) is 12.8 Å². The first-order valence-electron chi connectivity index (χ1n) is 14.5. The van der Waals surface area contributed by atoms with Crippen LogP contribution < -0.4 is 4.80 Å². The van der Waals surface area contributed by atoms with Crippen LogP contribution in [0.2, 0.25) is 0 Å². The van der Waals surface area contributed by atoms with Gasteiger partial charge in [-0.2, -0.15) is 4.31 Å². The lowest BCUT2D eigenvalue weighted by atomic mass is 9.91. The Bertz CT molecular complexity index is 1610. The van der Waals surface area contributed by atoms with E-state index in [4.69, 9.17) is 9.73 Å². The van der Waals surface area contributed by atoms with Gasteiger partial charge in [-0.25, -0.2) is 13.4 Å². The van der Waals surface area contributed by atoms with E-state index in [0.29, 0.717) is 23.9 Å². The van der Waals surface area contributed by atoms with Crippen molar-refractivity contribution in [3.05, 3.63) is 100 Å². The molecule has 3 aromatic carbocycles. The molecule has 2 aliphatic rings. The van der Waals surface area contributed by atoms with Crippen LogP contribution in [0.3, 0.4) is 0 Å². The van der Waals surface area contributed by atoms with Crippen molar-refractivity contribution in [2.45, 2.75) is 56.6 Å². The highest BCUT2D eigenvalue weighted by Crippen LogP contribution is 2.29. The second kappa shape index (κ2) is 12.4. The van der Waals surface area contributed by atoms with Crippen molar-refractivity contribution in [2.24, 2.45) is 10.9 Å². The summed E-state index contributed by atoms with van der Waals surface area (Å²) in [6.45, 7) is 4.73. The van der Waals surface area contributed by atoms with Crippen molar-refractivity contribution in [2.75, 3.05) is 19.7 Å². The molecule has 4 aromatic rings. The van der Waals surface area contributed by atoms with E-state index in [1.54, 1.807) is 27.8 Å². The number of rotatable bonds is 8. The van der Waals surface area contributed by atoms with Gasteiger partial charge in [0.15, 0.2) is 4.80 Å². The van der Waals surface area contributed by atoms with Gasteiger partial charge in [0.25, 0.3) is 0 Å². The highest BCUT2D eigenvalue weighted by Gasteiger charge is 2.29. The van der Waals surface area contributed by atoms with E-state index in [1.165, 1.54) is 11.1 Å². The molecule has 6 rings (SSSR count). The zero-order chi connectivity index (χ0) is 28.2. The van der Waals surface area contributed by atoms with Crippen LogP contribution in [-0.2, 0) is 27.7 Å². The van der Waals surface area contributed by atoms with E-state index in [9.17, 15) is 8.42 Å². The smallest absolute Gasteiger partial charge is 0.243 e. The Morgan fingerprint density at radius 3 is 2.34 bits per heavy atom. The number of aromatic nitrogens is 1. The van der Waals surface area contributed by atoms with Crippen LogP contribution in [0.25, 0.3) is 11.3 Å². The molecule has 214 valence electrons. The van der Waals surface area contributed by atoms with Gasteiger partial charge in [0, 0.05) is 25.1 Å².